The standard InChI is InChI=1S/C25H27NO7S/c1-16-7-9-20-19(14-24(27)33-22(20)12-16)15-32-25(28)18-8-10-21(31-3)23(13-18)34(29,30)26-11-5-4-6-17(26)2/h7-10,12-14,17H,4-6,11,15H2,1-3H3/t17-/m0/s1. The van der Waals surface area contributed by atoms with Gasteiger partial charge in [0, 0.05) is 29.6 Å². The zero-order valence-electron chi connectivity index (χ0n) is 19.4. The Balaban J connectivity index is 1.61. The van der Waals surface area contributed by atoms with E-state index in [2.05, 4.69) is 0 Å². The summed E-state index contributed by atoms with van der Waals surface area (Å²) in [7, 11) is -2.48. The van der Waals surface area contributed by atoms with Crippen LogP contribution < -0.4 is 10.4 Å². The zero-order valence-corrected chi connectivity index (χ0v) is 20.2. The Bertz CT molecular complexity index is 1390. The summed E-state index contributed by atoms with van der Waals surface area (Å²) in [4.78, 5) is 24.7. The molecule has 1 aromatic heterocycles. The number of carbonyl (C=O) groups excluding carboxylic acids is 1. The van der Waals surface area contributed by atoms with E-state index in [9.17, 15) is 18.0 Å². The van der Waals surface area contributed by atoms with E-state index in [0.717, 1.165) is 24.8 Å². The number of benzene rings is 2. The molecule has 1 saturated heterocycles. The predicted molar refractivity (Wildman–Crippen MR) is 127 cm³/mol. The minimum absolute atomic E-state index is 0.0699. The third-order valence-corrected chi connectivity index (χ3v) is 8.11. The van der Waals surface area contributed by atoms with Crippen molar-refractivity contribution in [2.45, 2.75) is 50.7 Å². The first-order valence-corrected chi connectivity index (χ1v) is 12.5. The first kappa shape index (κ1) is 24.0. The fraction of sp³-hybridized carbons (Fsp3) is 0.360. The van der Waals surface area contributed by atoms with Crippen LogP contribution in [0.25, 0.3) is 11.0 Å². The number of hydrogen-bond donors (Lipinski definition) is 0. The van der Waals surface area contributed by atoms with Gasteiger partial charge in [-0.25, -0.2) is 18.0 Å². The number of rotatable bonds is 6. The number of nitrogens with zero attached hydrogens (tertiary/aromatic N) is 1. The molecule has 0 aliphatic carbocycles. The van der Waals surface area contributed by atoms with Crippen LogP contribution in [0.4, 0.5) is 0 Å². The molecule has 0 saturated carbocycles. The van der Waals surface area contributed by atoms with Crippen molar-refractivity contribution in [2.75, 3.05) is 13.7 Å². The van der Waals surface area contributed by atoms with E-state index in [4.69, 9.17) is 13.9 Å². The number of fused-ring (bicyclic) bond motifs is 1. The van der Waals surface area contributed by atoms with Crippen molar-refractivity contribution in [1.82, 2.24) is 4.31 Å². The molecule has 8 nitrogen and oxygen atoms in total. The molecular weight excluding hydrogens is 458 g/mol. The lowest BCUT2D eigenvalue weighted by Gasteiger charge is -2.32. The van der Waals surface area contributed by atoms with Crippen molar-refractivity contribution >= 4 is 27.0 Å². The van der Waals surface area contributed by atoms with Gasteiger partial charge in [-0.2, -0.15) is 4.31 Å². The van der Waals surface area contributed by atoms with Gasteiger partial charge in [0.1, 0.15) is 22.8 Å². The molecule has 1 aliphatic heterocycles. The van der Waals surface area contributed by atoms with Crippen molar-refractivity contribution in [1.29, 1.82) is 0 Å². The lowest BCUT2D eigenvalue weighted by atomic mass is 10.1. The number of methoxy groups -OCH3 is 1. The summed E-state index contributed by atoms with van der Waals surface area (Å²) in [5.74, 6) is -0.546. The Morgan fingerprint density at radius 1 is 1.15 bits per heavy atom. The van der Waals surface area contributed by atoms with Gasteiger partial charge >= 0.3 is 11.6 Å². The lowest BCUT2D eigenvalue weighted by molar-refractivity contribution is 0.0473. The number of carbonyl (C=O) groups is 1. The number of hydrogen-bond acceptors (Lipinski definition) is 7. The van der Waals surface area contributed by atoms with E-state index in [-0.39, 0.29) is 28.9 Å². The normalized spacial score (nSPS) is 17.0. The lowest BCUT2D eigenvalue weighted by Crippen LogP contribution is -2.42. The molecule has 34 heavy (non-hydrogen) atoms. The third-order valence-electron chi connectivity index (χ3n) is 6.07. The highest BCUT2D eigenvalue weighted by Crippen LogP contribution is 2.32. The molecule has 0 amide bonds. The predicted octanol–water partition coefficient (Wildman–Crippen LogP) is 4.03. The Morgan fingerprint density at radius 3 is 2.68 bits per heavy atom. The molecule has 0 radical (unpaired) electrons. The van der Waals surface area contributed by atoms with Crippen LogP contribution in [0.5, 0.6) is 5.75 Å². The number of sulfonamides is 1. The Labute approximate surface area is 198 Å². The largest absolute Gasteiger partial charge is 0.495 e. The summed E-state index contributed by atoms with van der Waals surface area (Å²) in [5, 5.41) is 0.662. The van der Waals surface area contributed by atoms with Crippen LogP contribution in [0.1, 0.15) is 47.7 Å². The molecule has 9 heteroatoms. The monoisotopic (exact) mass is 485 g/mol. The van der Waals surface area contributed by atoms with E-state index in [0.29, 0.717) is 23.1 Å². The van der Waals surface area contributed by atoms with E-state index in [1.54, 1.807) is 12.1 Å². The molecule has 1 fully saturated rings. The molecular formula is C25H27NO7S. The fourth-order valence-electron chi connectivity index (χ4n) is 4.24. The minimum Gasteiger partial charge on any atom is -0.495 e. The van der Waals surface area contributed by atoms with Crippen LogP contribution in [0.15, 0.2) is 56.6 Å². The summed E-state index contributed by atoms with van der Waals surface area (Å²) in [6.45, 7) is 4.02. The third kappa shape index (κ3) is 4.71. The second kappa shape index (κ2) is 9.60. The summed E-state index contributed by atoms with van der Waals surface area (Å²) < 4.78 is 44.2. The number of piperidine rings is 1. The van der Waals surface area contributed by atoms with Crippen molar-refractivity contribution in [3.63, 3.8) is 0 Å². The highest BCUT2D eigenvalue weighted by molar-refractivity contribution is 7.89. The van der Waals surface area contributed by atoms with Crippen molar-refractivity contribution in [2.24, 2.45) is 0 Å². The molecule has 0 N–H and O–H groups in total. The second-order valence-electron chi connectivity index (χ2n) is 8.49. The molecule has 0 bridgehead atoms. The van der Waals surface area contributed by atoms with Gasteiger partial charge < -0.3 is 13.9 Å². The van der Waals surface area contributed by atoms with Gasteiger partial charge in [0.15, 0.2) is 0 Å². The summed E-state index contributed by atoms with van der Waals surface area (Å²) in [6.07, 6.45) is 2.54. The molecule has 4 rings (SSSR count). The summed E-state index contributed by atoms with van der Waals surface area (Å²) in [6, 6.07) is 10.8. The first-order valence-electron chi connectivity index (χ1n) is 11.1. The molecule has 180 valence electrons. The van der Waals surface area contributed by atoms with Gasteiger partial charge in [0.2, 0.25) is 10.0 Å². The maximum absolute atomic E-state index is 13.4. The van der Waals surface area contributed by atoms with Crippen LogP contribution in [-0.2, 0) is 21.4 Å². The van der Waals surface area contributed by atoms with Gasteiger partial charge in [0.05, 0.1) is 12.7 Å². The Kier molecular flexibility index (Phi) is 6.77. The van der Waals surface area contributed by atoms with Gasteiger partial charge in [0.25, 0.3) is 0 Å². The Hall–Kier alpha value is -3.17. The topological polar surface area (TPSA) is 103 Å². The van der Waals surface area contributed by atoms with Gasteiger partial charge in [-0.05, 0) is 56.5 Å². The molecule has 2 heterocycles. The van der Waals surface area contributed by atoms with Crippen LogP contribution in [0.2, 0.25) is 0 Å². The maximum atomic E-state index is 13.4. The van der Waals surface area contributed by atoms with E-state index < -0.39 is 21.6 Å². The quantitative estimate of drug-likeness (QED) is 0.384. The Morgan fingerprint density at radius 2 is 1.94 bits per heavy atom. The number of ether oxygens (including phenoxy) is 2. The minimum atomic E-state index is -3.87. The van der Waals surface area contributed by atoms with E-state index >= 15 is 0 Å². The van der Waals surface area contributed by atoms with Crippen molar-refractivity contribution in [3.05, 3.63) is 69.6 Å². The zero-order chi connectivity index (χ0) is 24.5. The van der Waals surface area contributed by atoms with Crippen molar-refractivity contribution < 1.29 is 27.1 Å². The van der Waals surface area contributed by atoms with Crippen LogP contribution in [0.3, 0.4) is 0 Å². The van der Waals surface area contributed by atoms with Crippen LogP contribution >= 0.6 is 0 Å². The average Bonchev–Trinajstić information content (AvgIpc) is 2.81. The fourth-order valence-corrected chi connectivity index (χ4v) is 6.13. The summed E-state index contributed by atoms with van der Waals surface area (Å²) >= 11 is 0. The van der Waals surface area contributed by atoms with Crippen LogP contribution in [0, 0.1) is 6.92 Å². The highest BCUT2D eigenvalue weighted by Gasteiger charge is 2.33. The second-order valence-corrected chi connectivity index (χ2v) is 10.4. The molecule has 0 spiro atoms. The molecule has 2 aromatic carbocycles. The molecule has 0 unspecified atom stereocenters. The maximum Gasteiger partial charge on any atom is 0.338 e. The summed E-state index contributed by atoms with van der Waals surface area (Å²) in [5.41, 5.74) is 1.37. The van der Waals surface area contributed by atoms with Crippen LogP contribution in [-0.4, -0.2) is 38.4 Å². The van der Waals surface area contributed by atoms with E-state index in [1.165, 1.54) is 35.7 Å². The highest BCUT2D eigenvalue weighted by atomic mass is 32.2. The molecule has 1 aliphatic rings. The average molecular weight is 486 g/mol. The van der Waals surface area contributed by atoms with Gasteiger partial charge in [-0.3, -0.25) is 0 Å². The molecule has 3 aromatic rings. The molecule has 1 atom stereocenters. The van der Waals surface area contributed by atoms with Crippen molar-refractivity contribution in [3.8, 4) is 5.75 Å². The number of aryl methyl sites for hydroxylation is 1. The van der Waals surface area contributed by atoms with E-state index in [1.807, 2.05) is 19.9 Å². The van der Waals surface area contributed by atoms with Gasteiger partial charge in [-0.1, -0.05) is 18.6 Å². The van der Waals surface area contributed by atoms with Gasteiger partial charge in [-0.15, -0.1) is 0 Å². The number of esters is 1. The SMILES string of the molecule is COc1ccc(C(=O)OCc2cc(=O)oc3cc(C)ccc23)cc1S(=O)(=O)N1CCCC[C@@H]1C. The first-order chi connectivity index (χ1) is 16.2. The smallest absolute Gasteiger partial charge is 0.338 e.